The van der Waals surface area contributed by atoms with Crippen molar-refractivity contribution in [2.75, 3.05) is 0 Å². The van der Waals surface area contributed by atoms with Crippen LogP contribution in [0.5, 0.6) is 11.5 Å². The molecule has 0 unspecified atom stereocenters. The summed E-state index contributed by atoms with van der Waals surface area (Å²) in [6, 6.07) is 17.2. The molecule has 0 atom stereocenters. The van der Waals surface area contributed by atoms with E-state index in [1.807, 2.05) is 42.5 Å². The van der Waals surface area contributed by atoms with Crippen molar-refractivity contribution in [2.45, 2.75) is 37.6 Å². The van der Waals surface area contributed by atoms with Gasteiger partial charge in [-0.15, -0.1) is 0 Å². The van der Waals surface area contributed by atoms with Gasteiger partial charge in [0.25, 0.3) is 0 Å². The third kappa shape index (κ3) is 3.07. The van der Waals surface area contributed by atoms with E-state index in [0.29, 0.717) is 11.0 Å². The number of carbonyl (C=O) groups excluding carboxylic acids is 1. The molecule has 130 valence electrons. The van der Waals surface area contributed by atoms with Crippen LogP contribution in [0.2, 0.25) is 0 Å². The molecule has 5 nitrogen and oxygen atoms in total. The number of benzene rings is 2. The Hall–Kier alpha value is -2.53. The van der Waals surface area contributed by atoms with Gasteiger partial charge < -0.3 is 10.5 Å². The molecule has 25 heavy (non-hydrogen) atoms. The van der Waals surface area contributed by atoms with Crippen LogP contribution >= 0.6 is 0 Å². The standard InChI is InChI=1S/C20H22N2O3/c21-19(23)22(24)16-12-20(13-16)10-15(11-20)14-5-4-8-18(9-14)25-17-6-2-1-3-7-17/h1-9,15-16,24H,10-13H2,(H2,21,23). The van der Waals surface area contributed by atoms with Gasteiger partial charge in [0.1, 0.15) is 11.5 Å². The quantitative estimate of drug-likeness (QED) is 0.645. The Morgan fingerprint density at radius 2 is 1.72 bits per heavy atom. The Bertz CT molecular complexity index is 764. The third-order valence-electron chi connectivity index (χ3n) is 5.58. The summed E-state index contributed by atoms with van der Waals surface area (Å²) in [6.45, 7) is 0. The van der Waals surface area contributed by atoms with E-state index in [-0.39, 0.29) is 11.5 Å². The number of primary amides is 1. The van der Waals surface area contributed by atoms with Crippen LogP contribution in [-0.4, -0.2) is 22.3 Å². The molecule has 0 aromatic heterocycles. The van der Waals surface area contributed by atoms with Crippen molar-refractivity contribution < 1.29 is 14.7 Å². The topological polar surface area (TPSA) is 75.8 Å². The molecule has 0 radical (unpaired) electrons. The number of ether oxygens (including phenoxy) is 1. The molecule has 1 spiro atoms. The lowest BCUT2D eigenvalue weighted by Gasteiger charge is -2.58. The Morgan fingerprint density at radius 1 is 1.04 bits per heavy atom. The zero-order chi connectivity index (χ0) is 17.4. The van der Waals surface area contributed by atoms with E-state index in [1.54, 1.807) is 0 Å². The lowest BCUT2D eigenvalue weighted by Crippen LogP contribution is -2.57. The lowest BCUT2D eigenvalue weighted by molar-refractivity contribution is -0.158. The van der Waals surface area contributed by atoms with E-state index in [1.165, 1.54) is 5.56 Å². The van der Waals surface area contributed by atoms with Gasteiger partial charge in [0.2, 0.25) is 0 Å². The highest BCUT2D eigenvalue weighted by Crippen LogP contribution is 2.62. The van der Waals surface area contributed by atoms with E-state index in [0.717, 1.165) is 37.2 Å². The summed E-state index contributed by atoms with van der Waals surface area (Å²) in [7, 11) is 0. The zero-order valence-electron chi connectivity index (χ0n) is 14.0. The van der Waals surface area contributed by atoms with Crippen LogP contribution in [0.25, 0.3) is 0 Å². The maximum atomic E-state index is 11.0. The lowest BCUT2D eigenvalue weighted by atomic mass is 9.49. The number of carbonyl (C=O) groups is 1. The second-order valence-electron chi connectivity index (χ2n) is 7.34. The predicted molar refractivity (Wildman–Crippen MR) is 93.6 cm³/mol. The van der Waals surface area contributed by atoms with Crippen molar-refractivity contribution in [3.63, 3.8) is 0 Å². The minimum Gasteiger partial charge on any atom is -0.457 e. The van der Waals surface area contributed by atoms with Crippen LogP contribution in [0.4, 0.5) is 4.79 Å². The van der Waals surface area contributed by atoms with Crippen LogP contribution in [0, 0.1) is 5.41 Å². The van der Waals surface area contributed by atoms with Gasteiger partial charge in [-0.2, -0.15) is 0 Å². The number of hydroxylamine groups is 2. The average molecular weight is 338 g/mol. The maximum Gasteiger partial charge on any atom is 0.338 e. The highest BCUT2D eigenvalue weighted by molar-refractivity contribution is 5.71. The molecule has 5 heteroatoms. The molecule has 2 aliphatic carbocycles. The molecule has 3 N–H and O–H groups in total. The van der Waals surface area contributed by atoms with E-state index >= 15 is 0 Å². The second-order valence-corrected chi connectivity index (χ2v) is 7.34. The Morgan fingerprint density at radius 3 is 2.40 bits per heavy atom. The highest BCUT2D eigenvalue weighted by Gasteiger charge is 2.55. The van der Waals surface area contributed by atoms with Gasteiger partial charge in [0, 0.05) is 0 Å². The number of para-hydroxylation sites is 1. The summed E-state index contributed by atoms with van der Waals surface area (Å²) in [5, 5.41) is 10.3. The number of hydrogen-bond acceptors (Lipinski definition) is 3. The normalized spacial score (nSPS) is 27.2. The fraction of sp³-hybridized carbons (Fsp3) is 0.350. The van der Waals surface area contributed by atoms with E-state index in [4.69, 9.17) is 10.5 Å². The smallest absolute Gasteiger partial charge is 0.338 e. The van der Waals surface area contributed by atoms with Crippen LogP contribution in [-0.2, 0) is 0 Å². The number of nitrogens with zero attached hydrogens (tertiary/aromatic N) is 1. The van der Waals surface area contributed by atoms with Crippen LogP contribution in [0.1, 0.15) is 37.2 Å². The molecule has 0 bridgehead atoms. The highest BCUT2D eigenvalue weighted by atomic mass is 16.5. The molecule has 2 saturated carbocycles. The summed E-state index contributed by atoms with van der Waals surface area (Å²) in [5.41, 5.74) is 6.67. The van der Waals surface area contributed by atoms with Gasteiger partial charge in [0.15, 0.2) is 0 Å². The van der Waals surface area contributed by atoms with Gasteiger partial charge in [-0.3, -0.25) is 5.21 Å². The molecule has 2 amide bonds. The molecular weight excluding hydrogens is 316 g/mol. The SMILES string of the molecule is NC(=O)N(O)C1CC2(CC(c3cccc(Oc4ccccc4)c3)C2)C1. The summed E-state index contributed by atoms with van der Waals surface area (Å²) >= 11 is 0. The average Bonchev–Trinajstić information content (AvgIpc) is 2.53. The van der Waals surface area contributed by atoms with E-state index < -0.39 is 6.03 Å². The molecule has 4 rings (SSSR count). The number of amides is 2. The van der Waals surface area contributed by atoms with Crippen molar-refractivity contribution >= 4 is 6.03 Å². The fourth-order valence-electron chi connectivity index (χ4n) is 4.30. The Kier molecular flexibility index (Phi) is 3.88. The third-order valence-corrected chi connectivity index (χ3v) is 5.58. The largest absolute Gasteiger partial charge is 0.457 e. The Balaban J connectivity index is 1.36. The summed E-state index contributed by atoms with van der Waals surface area (Å²) in [6.07, 6.45) is 3.85. The van der Waals surface area contributed by atoms with E-state index in [2.05, 4.69) is 12.1 Å². The minimum absolute atomic E-state index is 0.119. The van der Waals surface area contributed by atoms with Crippen LogP contribution in [0.15, 0.2) is 54.6 Å². The first kappa shape index (κ1) is 16.0. The Labute approximate surface area is 147 Å². The van der Waals surface area contributed by atoms with Crippen molar-refractivity contribution in [1.29, 1.82) is 0 Å². The maximum absolute atomic E-state index is 11.0. The van der Waals surface area contributed by atoms with Gasteiger partial charge >= 0.3 is 6.03 Å². The second kappa shape index (κ2) is 6.08. The molecule has 0 saturated heterocycles. The molecular formula is C20H22N2O3. The van der Waals surface area contributed by atoms with Crippen molar-refractivity contribution in [3.8, 4) is 11.5 Å². The first-order valence-corrected chi connectivity index (χ1v) is 8.65. The zero-order valence-corrected chi connectivity index (χ0v) is 14.0. The number of rotatable bonds is 4. The van der Waals surface area contributed by atoms with Crippen LogP contribution in [0.3, 0.4) is 0 Å². The van der Waals surface area contributed by atoms with Gasteiger partial charge in [-0.25, -0.2) is 9.86 Å². The molecule has 2 fully saturated rings. The first-order valence-electron chi connectivity index (χ1n) is 8.65. The first-order chi connectivity index (χ1) is 12.0. The molecule has 0 heterocycles. The summed E-state index contributed by atoms with van der Waals surface area (Å²) in [5.74, 6) is 2.20. The van der Waals surface area contributed by atoms with Crippen molar-refractivity contribution in [3.05, 3.63) is 60.2 Å². The molecule has 2 aromatic rings. The molecule has 2 aliphatic rings. The monoisotopic (exact) mass is 338 g/mol. The summed E-state index contributed by atoms with van der Waals surface area (Å²) < 4.78 is 5.91. The van der Waals surface area contributed by atoms with Crippen molar-refractivity contribution in [1.82, 2.24) is 5.06 Å². The van der Waals surface area contributed by atoms with Gasteiger partial charge in [0.05, 0.1) is 6.04 Å². The van der Waals surface area contributed by atoms with Gasteiger partial charge in [-0.05, 0) is 66.8 Å². The molecule has 0 aliphatic heterocycles. The fourth-order valence-corrected chi connectivity index (χ4v) is 4.30. The minimum atomic E-state index is -0.763. The van der Waals surface area contributed by atoms with Crippen LogP contribution < -0.4 is 10.5 Å². The van der Waals surface area contributed by atoms with Crippen molar-refractivity contribution in [2.24, 2.45) is 11.1 Å². The summed E-state index contributed by atoms with van der Waals surface area (Å²) in [4.78, 5) is 11.0. The molecule has 2 aromatic carbocycles. The number of hydrogen-bond donors (Lipinski definition) is 2. The van der Waals surface area contributed by atoms with Gasteiger partial charge in [-0.1, -0.05) is 30.3 Å². The number of urea groups is 1. The predicted octanol–water partition coefficient (Wildman–Crippen LogP) is 4.28. The number of nitrogens with two attached hydrogens (primary N) is 1. The van der Waals surface area contributed by atoms with E-state index in [9.17, 15) is 10.0 Å².